The molecule has 4 heterocycles. The molecular weight excluding hydrogens is 670 g/mol. The number of rotatable bonds is 1. The minimum Gasteiger partial charge on any atom is -0.444 e. The molecule has 0 bridgehead atoms. The quantitative estimate of drug-likeness (QED) is 0.148. The Bertz CT molecular complexity index is 1070. The number of amides is 2. The molecule has 2 fully saturated rings. The van der Waals surface area contributed by atoms with E-state index in [1.165, 1.54) is 6.20 Å². The lowest BCUT2D eigenvalue weighted by molar-refractivity contribution is 0.00775. The summed E-state index contributed by atoms with van der Waals surface area (Å²) in [4.78, 5) is 41.6. The maximum atomic E-state index is 11.7. The topological polar surface area (TPSA) is 111 Å². The second-order valence-corrected chi connectivity index (χ2v) is 13.3. The summed E-state index contributed by atoms with van der Waals surface area (Å²) >= 11 is 18.8. The van der Waals surface area contributed by atoms with Crippen LogP contribution >= 0.6 is 57.4 Å². The van der Waals surface area contributed by atoms with Crippen molar-refractivity contribution < 1.29 is 19.1 Å². The Morgan fingerprint density at radius 3 is 1.63 bits per heavy atom. The van der Waals surface area contributed by atoms with E-state index in [0.717, 1.165) is 18.8 Å². The first-order valence-corrected chi connectivity index (χ1v) is 14.1. The third-order valence-corrected chi connectivity index (χ3v) is 6.04. The van der Waals surface area contributed by atoms with Gasteiger partial charge in [-0.1, -0.05) is 34.2 Å². The van der Waals surface area contributed by atoms with Crippen molar-refractivity contribution in [3.05, 3.63) is 45.9 Å². The van der Waals surface area contributed by atoms with Gasteiger partial charge in [-0.05, 0) is 76.9 Å². The first kappa shape index (κ1) is 32.5. The van der Waals surface area contributed by atoms with Crippen LogP contribution in [0.4, 0.5) is 9.59 Å². The summed E-state index contributed by atoms with van der Waals surface area (Å²) in [6.07, 6.45) is 2.66. The zero-order chi connectivity index (χ0) is 28.7. The van der Waals surface area contributed by atoms with E-state index in [9.17, 15) is 9.59 Å². The van der Waals surface area contributed by atoms with Gasteiger partial charge in [0.1, 0.15) is 16.4 Å². The van der Waals surface area contributed by atoms with Gasteiger partial charge in [0.2, 0.25) is 10.6 Å². The molecule has 0 spiro atoms. The average Bonchev–Trinajstić information content (AvgIpc) is 2.68. The number of hydrogen-bond donors (Lipinski definition) is 0. The molecular formula is C24H32Cl3IN6O4. The maximum absolute atomic E-state index is 11.7. The van der Waals surface area contributed by atoms with Gasteiger partial charge >= 0.3 is 12.2 Å². The zero-order valence-corrected chi connectivity index (χ0v) is 26.5. The largest absolute Gasteiger partial charge is 0.444 e. The van der Waals surface area contributed by atoms with Crippen LogP contribution in [0.15, 0.2) is 24.5 Å². The molecule has 0 aliphatic carbocycles. The molecule has 2 aromatic rings. The first-order chi connectivity index (χ1) is 17.5. The van der Waals surface area contributed by atoms with Gasteiger partial charge in [0, 0.05) is 48.4 Å². The Balaban J connectivity index is 0.000000218. The summed E-state index contributed by atoms with van der Waals surface area (Å²) < 4.78 is 11.1. The van der Waals surface area contributed by atoms with Crippen LogP contribution in [0.1, 0.15) is 53.2 Å². The highest BCUT2D eigenvalue weighted by Crippen LogP contribution is 2.27. The summed E-state index contributed by atoms with van der Waals surface area (Å²) in [5.74, 6) is 0.220. The number of carbonyl (C=O) groups excluding carboxylic acids is 2. The fourth-order valence-electron chi connectivity index (χ4n) is 2.93. The third kappa shape index (κ3) is 12.0. The molecule has 2 saturated heterocycles. The predicted molar refractivity (Wildman–Crippen MR) is 155 cm³/mol. The van der Waals surface area contributed by atoms with Crippen LogP contribution in [0.25, 0.3) is 0 Å². The molecule has 0 atom stereocenters. The molecule has 0 aromatic carbocycles. The van der Waals surface area contributed by atoms with Gasteiger partial charge in [-0.25, -0.2) is 29.5 Å². The van der Waals surface area contributed by atoms with E-state index >= 15 is 0 Å². The van der Waals surface area contributed by atoms with E-state index in [-0.39, 0.29) is 34.3 Å². The summed E-state index contributed by atoms with van der Waals surface area (Å²) in [5, 5.41) is 0.783. The van der Waals surface area contributed by atoms with Crippen molar-refractivity contribution in [3.8, 4) is 0 Å². The Morgan fingerprint density at radius 1 is 0.816 bits per heavy atom. The van der Waals surface area contributed by atoms with Gasteiger partial charge in [-0.3, -0.25) is 0 Å². The van der Waals surface area contributed by atoms with Crippen LogP contribution in [0, 0.1) is 0 Å². The molecule has 14 heteroatoms. The number of carbonyl (C=O) groups is 2. The fourth-order valence-corrected chi connectivity index (χ4v) is 4.36. The smallest absolute Gasteiger partial charge is 0.410 e. The van der Waals surface area contributed by atoms with Gasteiger partial charge < -0.3 is 19.3 Å². The van der Waals surface area contributed by atoms with Gasteiger partial charge in [-0.2, -0.15) is 0 Å². The van der Waals surface area contributed by atoms with Crippen molar-refractivity contribution in [2.75, 3.05) is 26.2 Å². The van der Waals surface area contributed by atoms with Crippen LogP contribution in [0.3, 0.4) is 0 Å². The SMILES string of the molecule is CC(C)(C)OC(=O)N1CC(I)C1.CC(C)(C)OC(=O)N1CC(c2ccnc(Cl)n2)C1.Clc1ccnc(Cl)n1. The molecule has 2 amide bonds. The predicted octanol–water partition coefficient (Wildman–Crippen LogP) is 6.29. The molecule has 2 aliphatic rings. The Kier molecular flexibility index (Phi) is 12.1. The third-order valence-electron chi connectivity index (χ3n) is 4.68. The highest BCUT2D eigenvalue weighted by Gasteiger charge is 2.35. The molecule has 2 aromatic heterocycles. The summed E-state index contributed by atoms with van der Waals surface area (Å²) in [7, 11) is 0. The molecule has 10 nitrogen and oxygen atoms in total. The Morgan fingerprint density at radius 2 is 1.26 bits per heavy atom. The van der Waals surface area contributed by atoms with E-state index < -0.39 is 5.60 Å². The minimum absolute atomic E-state index is 0.178. The number of hydrogen-bond acceptors (Lipinski definition) is 8. The molecule has 210 valence electrons. The van der Waals surface area contributed by atoms with Crippen molar-refractivity contribution in [3.63, 3.8) is 0 Å². The molecule has 0 unspecified atom stereocenters. The molecule has 38 heavy (non-hydrogen) atoms. The fraction of sp³-hybridized carbons (Fsp3) is 0.583. The highest BCUT2D eigenvalue weighted by molar-refractivity contribution is 14.1. The molecule has 4 rings (SSSR count). The van der Waals surface area contributed by atoms with Crippen LogP contribution in [0.2, 0.25) is 15.7 Å². The van der Waals surface area contributed by atoms with Crippen LogP contribution < -0.4 is 0 Å². The normalized spacial score (nSPS) is 15.6. The summed E-state index contributed by atoms with van der Waals surface area (Å²) in [6.45, 7) is 14.1. The standard InChI is InChI=1S/C12H16ClN3O2.C8H14INO2.C4H2Cl2N2/c1-12(2,3)18-11(17)16-6-8(7-16)9-4-5-14-10(13)15-9;1-8(2,3)12-7(11)10-4-6(9)5-10;5-3-1-2-7-4(6)8-3/h4-5,8H,6-7H2,1-3H3;6H,4-5H2,1-3H3;1-2H. The van der Waals surface area contributed by atoms with Crippen molar-refractivity contribution in [1.29, 1.82) is 0 Å². The van der Waals surface area contributed by atoms with Crippen molar-refractivity contribution >= 4 is 69.6 Å². The second-order valence-electron chi connectivity index (χ2n) is 10.5. The van der Waals surface area contributed by atoms with Gasteiger partial charge in [0.05, 0.1) is 5.69 Å². The monoisotopic (exact) mass is 700 g/mol. The van der Waals surface area contributed by atoms with Crippen molar-refractivity contribution in [1.82, 2.24) is 29.7 Å². The van der Waals surface area contributed by atoms with Gasteiger partial charge in [0.15, 0.2) is 0 Å². The number of aromatic nitrogens is 4. The highest BCUT2D eigenvalue weighted by atomic mass is 127. The molecule has 2 aliphatic heterocycles. The number of halogens is 4. The zero-order valence-electron chi connectivity index (χ0n) is 22.1. The summed E-state index contributed by atoms with van der Waals surface area (Å²) in [5.41, 5.74) is 0.0446. The summed E-state index contributed by atoms with van der Waals surface area (Å²) in [6, 6.07) is 3.39. The van der Waals surface area contributed by atoms with Crippen molar-refractivity contribution in [2.45, 2.75) is 62.6 Å². The average molecular weight is 702 g/mol. The van der Waals surface area contributed by atoms with E-state index in [4.69, 9.17) is 44.3 Å². The van der Waals surface area contributed by atoms with E-state index in [0.29, 0.717) is 22.2 Å². The van der Waals surface area contributed by atoms with E-state index in [1.807, 2.05) is 47.6 Å². The Hall–Kier alpha value is -1.70. The molecule has 0 N–H and O–H groups in total. The van der Waals surface area contributed by atoms with Crippen LogP contribution in [-0.4, -0.2) is 83.2 Å². The number of ether oxygens (including phenoxy) is 2. The lowest BCUT2D eigenvalue weighted by Crippen LogP contribution is -2.52. The second kappa shape index (κ2) is 14.1. The van der Waals surface area contributed by atoms with E-state index in [1.54, 1.807) is 22.1 Å². The van der Waals surface area contributed by atoms with Crippen molar-refractivity contribution in [2.24, 2.45) is 0 Å². The number of nitrogens with zero attached hydrogens (tertiary/aromatic N) is 6. The molecule has 0 saturated carbocycles. The molecule has 0 radical (unpaired) electrons. The maximum Gasteiger partial charge on any atom is 0.410 e. The number of alkyl halides is 1. The number of likely N-dealkylation sites (tertiary alicyclic amines) is 2. The Labute approximate surface area is 251 Å². The first-order valence-electron chi connectivity index (χ1n) is 11.7. The minimum atomic E-state index is -0.458. The van der Waals surface area contributed by atoms with E-state index in [2.05, 4.69) is 42.5 Å². The van der Waals surface area contributed by atoms with Gasteiger partial charge in [0.25, 0.3) is 0 Å². The lowest BCUT2D eigenvalue weighted by atomic mass is 9.97. The van der Waals surface area contributed by atoms with Crippen LogP contribution in [0.5, 0.6) is 0 Å². The lowest BCUT2D eigenvalue weighted by Gasteiger charge is -2.39. The van der Waals surface area contributed by atoms with Crippen LogP contribution in [-0.2, 0) is 9.47 Å². The van der Waals surface area contributed by atoms with Gasteiger partial charge in [-0.15, -0.1) is 0 Å².